The summed E-state index contributed by atoms with van der Waals surface area (Å²) in [6.07, 6.45) is 0. The summed E-state index contributed by atoms with van der Waals surface area (Å²) < 4.78 is 0. The van der Waals surface area contributed by atoms with Crippen LogP contribution in [0.25, 0.3) is 10.6 Å². The lowest BCUT2D eigenvalue weighted by atomic mass is 10.3. The number of nitrogens with one attached hydrogen (secondary N) is 1. The largest absolute Gasteiger partial charge is 0.390 e. The van der Waals surface area contributed by atoms with E-state index in [0.29, 0.717) is 0 Å². The van der Waals surface area contributed by atoms with Crippen LogP contribution >= 0.6 is 11.3 Å². The number of aliphatic hydroxyl groups excluding tert-OH is 1. The first-order valence-corrected chi connectivity index (χ1v) is 4.83. The van der Waals surface area contributed by atoms with Gasteiger partial charge in [-0.1, -0.05) is 0 Å². The van der Waals surface area contributed by atoms with E-state index in [9.17, 15) is 0 Å². The summed E-state index contributed by atoms with van der Waals surface area (Å²) in [4.78, 5) is 2.40. The molecule has 0 spiro atoms. The molecule has 0 saturated carbocycles. The van der Waals surface area contributed by atoms with E-state index >= 15 is 0 Å². The molecule has 3 nitrogen and oxygen atoms in total. The topological polar surface area (TPSA) is 48.9 Å². The van der Waals surface area contributed by atoms with Gasteiger partial charge in [-0.05, 0) is 25.1 Å². The Morgan fingerprint density at radius 3 is 2.92 bits per heavy atom. The fourth-order valence-electron chi connectivity index (χ4n) is 1.14. The fourth-order valence-corrected chi connectivity index (χ4v) is 1.97. The summed E-state index contributed by atoms with van der Waals surface area (Å²) in [6, 6.07) is 5.97. The Labute approximate surface area is 80.1 Å². The normalized spacial score (nSPS) is 10.6. The number of aromatic amines is 1. The van der Waals surface area contributed by atoms with Gasteiger partial charge in [0, 0.05) is 4.88 Å². The number of hydrogen-bond donors (Lipinski definition) is 2. The lowest BCUT2D eigenvalue weighted by Crippen LogP contribution is -1.79. The van der Waals surface area contributed by atoms with Crippen molar-refractivity contribution >= 4 is 11.3 Å². The predicted molar refractivity (Wildman–Crippen MR) is 52.6 cm³/mol. The molecular weight excluding hydrogens is 184 g/mol. The van der Waals surface area contributed by atoms with Crippen LogP contribution in [0.4, 0.5) is 0 Å². The molecule has 2 aromatic rings. The Kier molecular flexibility index (Phi) is 2.16. The Balaban J connectivity index is 2.35. The van der Waals surface area contributed by atoms with E-state index in [0.717, 1.165) is 16.3 Å². The zero-order valence-electron chi connectivity index (χ0n) is 7.24. The van der Waals surface area contributed by atoms with Gasteiger partial charge in [-0.2, -0.15) is 5.10 Å². The van der Waals surface area contributed by atoms with Crippen LogP contribution in [0.5, 0.6) is 0 Å². The average Bonchev–Trinajstić information content (AvgIpc) is 2.71. The van der Waals surface area contributed by atoms with Gasteiger partial charge < -0.3 is 5.11 Å². The molecule has 0 amide bonds. The Bertz CT molecular complexity index is 405. The third kappa shape index (κ3) is 1.64. The van der Waals surface area contributed by atoms with E-state index in [-0.39, 0.29) is 6.61 Å². The summed E-state index contributed by atoms with van der Waals surface area (Å²) in [5.74, 6) is 0. The van der Waals surface area contributed by atoms with Crippen LogP contribution in [0.2, 0.25) is 0 Å². The minimum atomic E-state index is 0.0113. The molecule has 0 aliphatic heterocycles. The van der Waals surface area contributed by atoms with Crippen molar-refractivity contribution in [1.29, 1.82) is 0 Å². The second-order valence-electron chi connectivity index (χ2n) is 2.85. The van der Waals surface area contributed by atoms with Crippen molar-refractivity contribution in [3.05, 3.63) is 28.8 Å². The van der Waals surface area contributed by atoms with Crippen LogP contribution in [-0.4, -0.2) is 15.3 Å². The molecule has 0 saturated heterocycles. The Morgan fingerprint density at radius 2 is 2.38 bits per heavy atom. The third-order valence-electron chi connectivity index (χ3n) is 1.79. The highest BCUT2D eigenvalue weighted by atomic mass is 32.1. The molecule has 0 unspecified atom stereocenters. The lowest BCUT2D eigenvalue weighted by molar-refractivity contribution is 0.276. The van der Waals surface area contributed by atoms with Crippen molar-refractivity contribution in [1.82, 2.24) is 10.2 Å². The second-order valence-corrected chi connectivity index (χ2v) is 4.13. The highest BCUT2D eigenvalue weighted by molar-refractivity contribution is 7.15. The maximum atomic E-state index is 8.84. The smallest absolute Gasteiger partial charge is 0.102 e. The fraction of sp³-hybridized carbons (Fsp3) is 0.222. The number of aliphatic hydroxyl groups is 1. The predicted octanol–water partition coefficient (Wildman–Crippen LogP) is 1.94. The average molecular weight is 194 g/mol. The standard InChI is InChI=1S/C9H10N2OS/c1-6-2-3-9(13-6)8-4-7(5-12)10-11-8/h2-4,12H,5H2,1H3,(H,10,11). The van der Waals surface area contributed by atoms with Crippen LogP contribution in [0.1, 0.15) is 10.6 Å². The first-order chi connectivity index (χ1) is 6.29. The zero-order valence-corrected chi connectivity index (χ0v) is 8.06. The number of H-pyrrole nitrogens is 1. The number of aromatic nitrogens is 2. The van der Waals surface area contributed by atoms with Gasteiger partial charge >= 0.3 is 0 Å². The summed E-state index contributed by atoms with van der Waals surface area (Å²) in [5, 5.41) is 15.7. The van der Waals surface area contributed by atoms with Gasteiger partial charge in [0.15, 0.2) is 0 Å². The molecule has 2 aromatic heterocycles. The van der Waals surface area contributed by atoms with E-state index in [2.05, 4.69) is 23.2 Å². The molecule has 68 valence electrons. The number of nitrogens with zero attached hydrogens (tertiary/aromatic N) is 1. The highest BCUT2D eigenvalue weighted by Crippen LogP contribution is 2.26. The first kappa shape index (κ1) is 8.47. The quantitative estimate of drug-likeness (QED) is 0.767. The van der Waals surface area contributed by atoms with Gasteiger partial charge in [0.2, 0.25) is 0 Å². The maximum Gasteiger partial charge on any atom is 0.102 e. The molecule has 0 aliphatic rings. The number of aryl methyl sites for hydroxylation is 1. The van der Waals surface area contributed by atoms with Crippen molar-refractivity contribution in [2.45, 2.75) is 13.5 Å². The van der Waals surface area contributed by atoms with Crippen LogP contribution in [0.3, 0.4) is 0 Å². The Morgan fingerprint density at radius 1 is 1.54 bits per heavy atom. The molecule has 0 aliphatic carbocycles. The first-order valence-electron chi connectivity index (χ1n) is 4.01. The summed E-state index contributed by atoms with van der Waals surface area (Å²) >= 11 is 1.70. The molecular formula is C9H10N2OS. The van der Waals surface area contributed by atoms with Crippen molar-refractivity contribution in [3.63, 3.8) is 0 Å². The molecule has 2 heterocycles. The van der Waals surface area contributed by atoms with E-state index in [4.69, 9.17) is 5.11 Å². The van der Waals surface area contributed by atoms with Gasteiger partial charge in [0.1, 0.15) is 5.69 Å². The van der Waals surface area contributed by atoms with Crippen molar-refractivity contribution in [2.24, 2.45) is 0 Å². The molecule has 0 aromatic carbocycles. The zero-order chi connectivity index (χ0) is 9.26. The van der Waals surface area contributed by atoms with Gasteiger partial charge in [-0.15, -0.1) is 11.3 Å². The maximum absolute atomic E-state index is 8.84. The summed E-state index contributed by atoms with van der Waals surface area (Å²) in [6.45, 7) is 2.07. The van der Waals surface area contributed by atoms with Gasteiger partial charge in [0.05, 0.1) is 17.2 Å². The summed E-state index contributed by atoms with van der Waals surface area (Å²) in [7, 11) is 0. The van der Waals surface area contributed by atoms with Crippen molar-refractivity contribution < 1.29 is 5.11 Å². The van der Waals surface area contributed by atoms with Crippen LogP contribution in [-0.2, 0) is 6.61 Å². The van der Waals surface area contributed by atoms with Crippen molar-refractivity contribution in [3.8, 4) is 10.6 Å². The van der Waals surface area contributed by atoms with Crippen molar-refractivity contribution in [2.75, 3.05) is 0 Å². The Hall–Kier alpha value is -1.13. The van der Waals surface area contributed by atoms with Gasteiger partial charge in [-0.25, -0.2) is 0 Å². The molecule has 13 heavy (non-hydrogen) atoms. The van der Waals surface area contributed by atoms with E-state index in [1.165, 1.54) is 4.88 Å². The molecule has 2 rings (SSSR count). The molecule has 4 heteroatoms. The third-order valence-corrected chi connectivity index (χ3v) is 2.82. The molecule has 0 fully saturated rings. The van der Waals surface area contributed by atoms with Gasteiger partial charge in [-0.3, -0.25) is 5.10 Å². The summed E-state index contributed by atoms with van der Waals surface area (Å²) in [5.41, 5.74) is 1.66. The molecule has 0 atom stereocenters. The highest BCUT2D eigenvalue weighted by Gasteiger charge is 2.04. The number of hydrogen-bond acceptors (Lipinski definition) is 3. The molecule has 0 bridgehead atoms. The number of rotatable bonds is 2. The van der Waals surface area contributed by atoms with E-state index in [1.54, 1.807) is 11.3 Å². The van der Waals surface area contributed by atoms with Crippen LogP contribution < -0.4 is 0 Å². The SMILES string of the molecule is Cc1ccc(-c2cc(CO)[nH]n2)s1. The van der Waals surface area contributed by atoms with E-state index in [1.807, 2.05) is 12.1 Å². The minimum Gasteiger partial charge on any atom is -0.390 e. The lowest BCUT2D eigenvalue weighted by Gasteiger charge is -1.85. The minimum absolute atomic E-state index is 0.0113. The molecule has 0 radical (unpaired) electrons. The molecule has 2 N–H and O–H groups in total. The second kappa shape index (κ2) is 3.32. The number of thiophene rings is 1. The van der Waals surface area contributed by atoms with E-state index < -0.39 is 0 Å². The van der Waals surface area contributed by atoms with Gasteiger partial charge in [0.25, 0.3) is 0 Å². The monoisotopic (exact) mass is 194 g/mol. The van der Waals surface area contributed by atoms with Crippen LogP contribution in [0.15, 0.2) is 18.2 Å². The van der Waals surface area contributed by atoms with Crippen LogP contribution in [0, 0.1) is 6.92 Å².